The zero-order valence-electron chi connectivity index (χ0n) is 26.9. The first-order valence-corrected chi connectivity index (χ1v) is 16.5. The number of aromatic hydroxyl groups is 1. The highest BCUT2D eigenvalue weighted by Gasteiger charge is 2.19. The Hall–Kier alpha value is -6.85. The molecule has 0 atom stereocenters. The monoisotopic (exact) mass is 643 g/mol. The van der Waals surface area contributed by atoms with Gasteiger partial charge in [0.2, 0.25) is 0 Å². The van der Waals surface area contributed by atoms with Crippen LogP contribution in [0, 0.1) is 0 Å². The third-order valence-electron chi connectivity index (χ3n) is 9.07. The summed E-state index contributed by atoms with van der Waals surface area (Å²) in [7, 11) is 0. The van der Waals surface area contributed by atoms with Crippen molar-refractivity contribution in [1.82, 2.24) is 15.0 Å². The molecule has 9 rings (SSSR count). The molecule has 50 heavy (non-hydrogen) atoms. The minimum Gasteiger partial charge on any atom is -0.507 e. The van der Waals surface area contributed by atoms with Crippen molar-refractivity contribution < 1.29 is 9.52 Å². The molecule has 1 N–H and O–H groups in total. The summed E-state index contributed by atoms with van der Waals surface area (Å²) in [5.41, 5.74) is 9.94. The number of benzene rings is 7. The van der Waals surface area contributed by atoms with Crippen molar-refractivity contribution >= 4 is 21.9 Å². The number of nitrogens with zero attached hydrogens (tertiary/aromatic N) is 3. The van der Waals surface area contributed by atoms with Gasteiger partial charge in [-0.05, 0) is 52.1 Å². The molecule has 5 nitrogen and oxygen atoms in total. The second-order valence-electron chi connectivity index (χ2n) is 12.2. The van der Waals surface area contributed by atoms with E-state index >= 15 is 0 Å². The molecule has 0 saturated heterocycles. The summed E-state index contributed by atoms with van der Waals surface area (Å²) in [6.45, 7) is 0. The lowest BCUT2D eigenvalue weighted by Crippen LogP contribution is -2.01. The quantitative estimate of drug-likeness (QED) is 0.195. The molecular weight excluding hydrogens is 615 g/mol. The van der Waals surface area contributed by atoms with E-state index in [-0.39, 0.29) is 5.75 Å². The van der Waals surface area contributed by atoms with Gasteiger partial charge >= 0.3 is 0 Å². The number of hydrogen-bond donors (Lipinski definition) is 1. The molecule has 9 aromatic rings. The Balaban J connectivity index is 1.19. The maximum atomic E-state index is 11.5. The van der Waals surface area contributed by atoms with Gasteiger partial charge in [0.1, 0.15) is 16.9 Å². The summed E-state index contributed by atoms with van der Waals surface area (Å²) in [5.74, 6) is 1.72. The van der Waals surface area contributed by atoms with Crippen LogP contribution < -0.4 is 0 Å². The van der Waals surface area contributed by atoms with E-state index in [1.165, 1.54) is 0 Å². The molecule has 0 saturated carbocycles. The fourth-order valence-electron chi connectivity index (χ4n) is 6.67. The van der Waals surface area contributed by atoms with E-state index in [0.29, 0.717) is 28.6 Å². The lowest BCUT2D eigenvalue weighted by atomic mass is 9.93. The van der Waals surface area contributed by atoms with Crippen LogP contribution in [0.25, 0.3) is 89.5 Å². The Morgan fingerprint density at radius 1 is 0.380 bits per heavy atom. The van der Waals surface area contributed by atoms with E-state index in [1.54, 1.807) is 6.07 Å². The molecule has 0 fully saturated rings. The topological polar surface area (TPSA) is 72.0 Å². The van der Waals surface area contributed by atoms with Gasteiger partial charge in [0, 0.05) is 33.0 Å². The summed E-state index contributed by atoms with van der Waals surface area (Å²) in [4.78, 5) is 15.0. The fraction of sp³-hybridized carbons (Fsp3) is 0. The van der Waals surface area contributed by atoms with Crippen molar-refractivity contribution in [3.05, 3.63) is 170 Å². The largest absolute Gasteiger partial charge is 0.507 e. The summed E-state index contributed by atoms with van der Waals surface area (Å²) in [6, 6.07) is 56.4. The summed E-state index contributed by atoms with van der Waals surface area (Å²) < 4.78 is 6.19. The molecule has 236 valence electrons. The normalized spacial score (nSPS) is 11.3. The SMILES string of the molecule is Oc1cccc(-c2nc(-c3ccccc3)nc(-c3ccc(-c4ccccc4)cc3)n2)c1-c1cccc(-c2cccc3oc4ccccc4c23)c1. The number of rotatable bonds is 6. The van der Waals surface area contributed by atoms with Gasteiger partial charge in [-0.25, -0.2) is 15.0 Å². The van der Waals surface area contributed by atoms with Crippen LogP contribution >= 0.6 is 0 Å². The summed E-state index contributed by atoms with van der Waals surface area (Å²) in [6.07, 6.45) is 0. The van der Waals surface area contributed by atoms with Crippen LogP contribution in [0.3, 0.4) is 0 Å². The van der Waals surface area contributed by atoms with Gasteiger partial charge in [0.25, 0.3) is 0 Å². The number of hydrogen-bond acceptors (Lipinski definition) is 5. The van der Waals surface area contributed by atoms with Gasteiger partial charge in [-0.2, -0.15) is 0 Å². The van der Waals surface area contributed by atoms with E-state index in [9.17, 15) is 5.11 Å². The fourth-order valence-corrected chi connectivity index (χ4v) is 6.67. The van der Waals surface area contributed by atoms with Crippen molar-refractivity contribution in [2.45, 2.75) is 0 Å². The second-order valence-corrected chi connectivity index (χ2v) is 12.2. The van der Waals surface area contributed by atoms with Gasteiger partial charge in [0.05, 0.1) is 0 Å². The molecule has 0 radical (unpaired) electrons. The summed E-state index contributed by atoms with van der Waals surface area (Å²) in [5, 5.41) is 13.6. The first-order chi connectivity index (χ1) is 24.7. The highest BCUT2D eigenvalue weighted by atomic mass is 16.3. The highest BCUT2D eigenvalue weighted by Crippen LogP contribution is 2.42. The van der Waals surface area contributed by atoms with Crippen LogP contribution in [-0.4, -0.2) is 20.1 Å². The summed E-state index contributed by atoms with van der Waals surface area (Å²) >= 11 is 0. The predicted molar refractivity (Wildman–Crippen MR) is 201 cm³/mol. The maximum Gasteiger partial charge on any atom is 0.164 e. The van der Waals surface area contributed by atoms with Gasteiger partial charge in [0.15, 0.2) is 17.5 Å². The molecule has 0 unspecified atom stereocenters. The minimum absolute atomic E-state index is 0.141. The van der Waals surface area contributed by atoms with Crippen molar-refractivity contribution in [3.63, 3.8) is 0 Å². The average Bonchev–Trinajstić information content (AvgIpc) is 3.57. The van der Waals surface area contributed by atoms with Gasteiger partial charge < -0.3 is 9.52 Å². The Kier molecular flexibility index (Phi) is 7.21. The van der Waals surface area contributed by atoms with Crippen LogP contribution in [-0.2, 0) is 0 Å². The van der Waals surface area contributed by atoms with Crippen molar-refractivity contribution in [2.75, 3.05) is 0 Å². The maximum absolute atomic E-state index is 11.5. The lowest BCUT2D eigenvalue weighted by molar-refractivity contribution is 0.477. The molecule has 2 heterocycles. The molecule has 0 bridgehead atoms. The molecule has 0 aliphatic rings. The van der Waals surface area contributed by atoms with E-state index in [2.05, 4.69) is 48.5 Å². The minimum atomic E-state index is 0.141. The molecule has 2 aromatic heterocycles. The number of fused-ring (bicyclic) bond motifs is 3. The molecule has 7 aromatic carbocycles. The Bertz CT molecular complexity index is 2650. The molecular formula is C45H29N3O2. The Morgan fingerprint density at radius 3 is 1.68 bits per heavy atom. The molecule has 0 amide bonds. The number of phenolic OH excluding ortho intramolecular Hbond substituents is 1. The number of phenols is 1. The van der Waals surface area contributed by atoms with Crippen molar-refractivity contribution in [3.8, 4) is 73.3 Å². The molecule has 0 aliphatic heterocycles. The van der Waals surface area contributed by atoms with Crippen molar-refractivity contribution in [1.29, 1.82) is 0 Å². The third kappa shape index (κ3) is 5.27. The van der Waals surface area contributed by atoms with Gasteiger partial charge in [-0.3, -0.25) is 0 Å². The van der Waals surface area contributed by atoms with Crippen LogP contribution in [0.1, 0.15) is 0 Å². The molecule has 5 heteroatoms. The van der Waals surface area contributed by atoms with Crippen LogP contribution in [0.15, 0.2) is 174 Å². The van der Waals surface area contributed by atoms with Crippen LogP contribution in [0.2, 0.25) is 0 Å². The van der Waals surface area contributed by atoms with Crippen LogP contribution in [0.4, 0.5) is 0 Å². The Labute approximate surface area is 288 Å². The van der Waals surface area contributed by atoms with E-state index in [1.807, 2.05) is 115 Å². The number of aromatic nitrogens is 3. The van der Waals surface area contributed by atoms with E-state index in [0.717, 1.165) is 60.9 Å². The standard InChI is InChI=1S/C45H29N3O2/c49-38-21-10-20-37(41(38)34-17-9-16-33(28-34)35-19-11-23-40-42(35)36-18-7-8-22-39(36)50-40)45-47-43(31-14-5-2-6-15-31)46-44(48-45)32-26-24-30(25-27-32)29-12-3-1-4-13-29/h1-28,49H. The Morgan fingerprint density at radius 2 is 0.900 bits per heavy atom. The van der Waals surface area contributed by atoms with E-state index < -0.39 is 0 Å². The van der Waals surface area contributed by atoms with Crippen LogP contribution in [0.5, 0.6) is 5.75 Å². The molecule has 0 aliphatic carbocycles. The van der Waals surface area contributed by atoms with Gasteiger partial charge in [-0.1, -0.05) is 146 Å². The predicted octanol–water partition coefficient (Wildman–Crippen LogP) is 11.5. The zero-order valence-corrected chi connectivity index (χ0v) is 26.9. The van der Waals surface area contributed by atoms with Crippen molar-refractivity contribution in [2.24, 2.45) is 0 Å². The lowest BCUT2D eigenvalue weighted by Gasteiger charge is -2.14. The number of para-hydroxylation sites is 1. The average molecular weight is 644 g/mol. The zero-order chi connectivity index (χ0) is 33.4. The first kappa shape index (κ1) is 29.3. The smallest absolute Gasteiger partial charge is 0.164 e. The first-order valence-electron chi connectivity index (χ1n) is 16.5. The van der Waals surface area contributed by atoms with E-state index in [4.69, 9.17) is 19.4 Å². The van der Waals surface area contributed by atoms with Gasteiger partial charge in [-0.15, -0.1) is 0 Å². The third-order valence-corrected chi connectivity index (χ3v) is 9.07. The molecule has 0 spiro atoms. The second kappa shape index (κ2) is 12.3. The number of furan rings is 1. The highest BCUT2D eigenvalue weighted by molar-refractivity contribution is 6.12.